The summed E-state index contributed by atoms with van der Waals surface area (Å²) in [5, 5.41) is 6.79. The summed E-state index contributed by atoms with van der Waals surface area (Å²) in [4.78, 5) is 16.2. The Morgan fingerprint density at radius 3 is 2.68 bits per heavy atom. The Bertz CT molecular complexity index is 428. The Balaban J connectivity index is 1.82. The van der Waals surface area contributed by atoms with E-state index in [-0.39, 0.29) is 5.91 Å². The smallest absolute Gasteiger partial charge is 0.273 e. The van der Waals surface area contributed by atoms with Gasteiger partial charge in [-0.05, 0) is 19.9 Å². The molecule has 1 fully saturated rings. The number of carbonyl (C=O) groups excluding carboxylic acids is 1. The molecule has 1 aromatic rings. The maximum atomic E-state index is 12.1. The zero-order chi connectivity index (χ0) is 13.8. The van der Waals surface area contributed by atoms with Crippen molar-refractivity contribution in [1.29, 1.82) is 0 Å². The van der Waals surface area contributed by atoms with E-state index >= 15 is 0 Å². The molecule has 1 aliphatic carbocycles. The van der Waals surface area contributed by atoms with Crippen LogP contribution in [0.1, 0.15) is 36.2 Å². The molecule has 0 unspecified atom stereocenters. The molecule has 0 radical (unpaired) electrons. The maximum Gasteiger partial charge on any atom is 0.273 e. The van der Waals surface area contributed by atoms with E-state index < -0.39 is 0 Å². The highest BCUT2D eigenvalue weighted by Gasteiger charge is 2.21. The van der Waals surface area contributed by atoms with Crippen molar-refractivity contribution in [3.8, 4) is 0 Å². The Hall–Kier alpha value is -1.07. The number of hydrogen-bond acceptors (Lipinski definition) is 3. The van der Waals surface area contributed by atoms with Crippen LogP contribution in [0, 0.1) is 0 Å². The number of amides is 1. The predicted molar refractivity (Wildman–Crippen MR) is 75.4 cm³/mol. The van der Waals surface area contributed by atoms with Gasteiger partial charge in [0.15, 0.2) is 0 Å². The second kappa shape index (κ2) is 6.39. The number of rotatable bonds is 5. The first kappa shape index (κ1) is 14.3. The van der Waals surface area contributed by atoms with E-state index in [4.69, 9.17) is 11.6 Å². The van der Waals surface area contributed by atoms with Gasteiger partial charge in [-0.25, -0.2) is 0 Å². The van der Waals surface area contributed by atoms with Gasteiger partial charge in [0.25, 0.3) is 5.91 Å². The zero-order valence-corrected chi connectivity index (χ0v) is 12.3. The molecule has 0 aromatic carbocycles. The van der Waals surface area contributed by atoms with Crippen LogP contribution >= 0.6 is 11.6 Å². The van der Waals surface area contributed by atoms with E-state index in [1.165, 1.54) is 31.9 Å². The molecule has 0 atom stereocenters. The number of halogens is 1. The van der Waals surface area contributed by atoms with Crippen LogP contribution in [-0.2, 0) is 0 Å². The molecule has 0 aliphatic heterocycles. The molecular weight excluding hydrogens is 264 g/mol. The van der Waals surface area contributed by atoms with Gasteiger partial charge < -0.3 is 9.80 Å². The molecule has 5 nitrogen and oxygen atoms in total. The van der Waals surface area contributed by atoms with Gasteiger partial charge in [-0.3, -0.25) is 9.89 Å². The summed E-state index contributed by atoms with van der Waals surface area (Å²) in [6.45, 7) is 1.58. The first-order valence-electron chi connectivity index (χ1n) is 6.74. The van der Waals surface area contributed by atoms with Crippen molar-refractivity contribution >= 4 is 17.5 Å². The lowest BCUT2D eigenvalue weighted by molar-refractivity contribution is 0.0769. The lowest BCUT2D eigenvalue weighted by Gasteiger charge is -2.26. The first-order valence-corrected chi connectivity index (χ1v) is 7.12. The van der Waals surface area contributed by atoms with Crippen LogP contribution in [0.4, 0.5) is 0 Å². The summed E-state index contributed by atoms with van der Waals surface area (Å²) in [6.07, 6.45) is 6.66. The van der Waals surface area contributed by atoms with Crippen LogP contribution in [0.25, 0.3) is 0 Å². The number of H-pyrrole nitrogens is 1. The fourth-order valence-electron chi connectivity index (χ4n) is 2.55. The molecule has 1 saturated carbocycles. The van der Waals surface area contributed by atoms with E-state index in [1.54, 1.807) is 11.9 Å². The number of aromatic nitrogens is 2. The van der Waals surface area contributed by atoms with E-state index in [9.17, 15) is 4.79 Å². The van der Waals surface area contributed by atoms with Gasteiger partial charge in [0.05, 0.1) is 11.2 Å². The minimum atomic E-state index is -0.109. The van der Waals surface area contributed by atoms with E-state index in [1.807, 2.05) is 0 Å². The minimum Gasteiger partial charge on any atom is -0.339 e. The molecule has 0 saturated heterocycles. The molecule has 1 heterocycles. The third-order valence-corrected chi connectivity index (χ3v) is 4.18. The van der Waals surface area contributed by atoms with Crippen LogP contribution in [0.15, 0.2) is 6.20 Å². The molecule has 19 heavy (non-hydrogen) atoms. The number of nitrogens with one attached hydrogen (secondary N) is 1. The highest BCUT2D eigenvalue weighted by atomic mass is 35.5. The summed E-state index contributed by atoms with van der Waals surface area (Å²) < 4.78 is 0. The minimum absolute atomic E-state index is 0.109. The summed E-state index contributed by atoms with van der Waals surface area (Å²) in [5.41, 5.74) is 0.368. The highest BCUT2D eigenvalue weighted by molar-refractivity contribution is 6.33. The summed E-state index contributed by atoms with van der Waals surface area (Å²) in [6, 6.07) is 0.680. The lowest BCUT2D eigenvalue weighted by Crippen LogP contribution is -2.38. The Morgan fingerprint density at radius 2 is 2.11 bits per heavy atom. The van der Waals surface area contributed by atoms with Crippen molar-refractivity contribution in [3.63, 3.8) is 0 Å². The van der Waals surface area contributed by atoms with Gasteiger partial charge >= 0.3 is 0 Å². The number of nitrogens with zero attached hydrogens (tertiary/aromatic N) is 3. The zero-order valence-electron chi connectivity index (χ0n) is 11.5. The quantitative estimate of drug-likeness (QED) is 0.900. The summed E-state index contributed by atoms with van der Waals surface area (Å²) in [5.74, 6) is -0.109. The summed E-state index contributed by atoms with van der Waals surface area (Å²) in [7, 11) is 3.93. The molecule has 0 spiro atoms. The maximum absolute atomic E-state index is 12.1. The fourth-order valence-corrected chi connectivity index (χ4v) is 2.72. The van der Waals surface area contributed by atoms with Crippen LogP contribution in [0.2, 0.25) is 5.02 Å². The van der Waals surface area contributed by atoms with Crippen molar-refractivity contribution in [3.05, 3.63) is 16.9 Å². The number of likely N-dealkylation sites (N-methyl/N-ethyl adjacent to an activating group) is 2. The van der Waals surface area contributed by atoms with Gasteiger partial charge in [-0.15, -0.1) is 0 Å². The topological polar surface area (TPSA) is 52.2 Å². The van der Waals surface area contributed by atoms with E-state index in [0.717, 1.165) is 6.54 Å². The second-order valence-corrected chi connectivity index (χ2v) is 5.65. The molecule has 1 N–H and O–H groups in total. The van der Waals surface area contributed by atoms with Crippen LogP contribution < -0.4 is 0 Å². The SMILES string of the molecule is CN(CCN(C)C1CCCC1)C(=O)c1[nH]ncc1Cl. The Labute approximate surface area is 118 Å². The van der Waals surface area contributed by atoms with Crippen LogP contribution in [-0.4, -0.2) is 59.1 Å². The van der Waals surface area contributed by atoms with Crippen LogP contribution in [0.5, 0.6) is 0 Å². The monoisotopic (exact) mass is 284 g/mol. The normalized spacial score (nSPS) is 16.2. The van der Waals surface area contributed by atoms with Crippen molar-refractivity contribution in [2.45, 2.75) is 31.7 Å². The predicted octanol–water partition coefficient (Wildman–Crippen LogP) is 2.01. The van der Waals surface area contributed by atoms with Crippen LogP contribution in [0.3, 0.4) is 0 Å². The van der Waals surface area contributed by atoms with Crippen molar-refractivity contribution < 1.29 is 4.79 Å². The molecule has 1 aromatic heterocycles. The molecular formula is C13H21ClN4O. The molecule has 106 valence electrons. The molecule has 0 bridgehead atoms. The van der Waals surface area contributed by atoms with Gasteiger partial charge in [-0.1, -0.05) is 24.4 Å². The highest BCUT2D eigenvalue weighted by Crippen LogP contribution is 2.22. The standard InChI is InChI=1S/C13H21ClN4O/c1-17(10-5-3-4-6-10)7-8-18(2)13(19)12-11(14)9-15-16-12/h9-10H,3-8H2,1-2H3,(H,15,16). The average molecular weight is 285 g/mol. The van der Waals surface area contributed by atoms with Crippen molar-refractivity contribution in [2.24, 2.45) is 0 Å². The molecule has 1 aliphatic rings. The fraction of sp³-hybridized carbons (Fsp3) is 0.692. The molecule has 6 heteroatoms. The average Bonchev–Trinajstić information content (AvgIpc) is 3.05. The van der Waals surface area contributed by atoms with E-state index in [0.29, 0.717) is 23.3 Å². The number of carbonyl (C=O) groups is 1. The van der Waals surface area contributed by atoms with Gasteiger partial charge in [0.2, 0.25) is 0 Å². The Morgan fingerprint density at radius 1 is 1.42 bits per heavy atom. The third-order valence-electron chi connectivity index (χ3n) is 3.89. The largest absolute Gasteiger partial charge is 0.339 e. The first-order chi connectivity index (χ1) is 9.09. The van der Waals surface area contributed by atoms with Crippen molar-refractivity contribution in [1.82, 2.24) is 20.0 Å². The van der Waals surface area contributed by atoms with Crippen molar-refractivity contribution in [2.75, 3.05) is 27.2 Å². The second-order valence-electron chi connectivity index (χ2n) is 5.24. The number of aromatic amines is 1. The molecule has 2 rings (SSSR count). The Kier molecular flexibility index (Phi) is 4.82. The van der Waals surface area contributed by atoms with E-state index in [2.05, 4.69) is 22.1 Å². The molecule has 1 amide bonds. The third kappa shape index (κ3) is 3.48. The lowest BCUT2D eigenvalue weighted by atomic mass is 10.2. The number of hydrogen-bond donors (Lipinski definition) is 1. The van der Waals surface area contributed by atoms with Gasteiger partial charge in [0.1, 0.15) is 5.69 Å². The van der Waals surface area contributed by atoms with Gasteiger partial charge in [-0.2, -0.15) is 5.10 Å². The van der Waals surface area contributed by atoms with Gasteiger partial charge in [0, 0.05) is 26.2 Å². The summed E-state index contributed by atoms with van der Waals surface area (Å²) >= 11 is 5.89.